The summed E-state index contributed by atoms with van der Waals surface area (Å²) in [6.07, 6.45) is 9.19. The van der Waals surface area contributed by atoms with E-state index in [-0.39, 0.29) is 35.6 Å². The van der Waals surface area contributed by atoms with Crippen molar-refractivity contribution < 1.29 is 21.0 Å². The van der Waals surface area contributed by atoms with Crippen molar-refractivity contribution >= 4 is 63.2 Å². The minimum atomic E-state index is -2.96. The summed E-state index contributed by atoms with van der Waals surface area (Å²) < 4.78 is 7.15. The molecule has 0 saturated carbocycles. The monoisotopic (exact) mass is 916 g/mol. The predicted octanol–water partition coefficient (Wildman–Crippen LogP) is 11.6. The molecule has 228 valence electrons. The van der Waals surface area contributed by atoms with Crippen molar-refractivity contribution in [2.45, 2.75) is 65.2 Å². The first-order valence-corrected chi connectivity index (χ1v) is 21.8. The zero-order valence-corrected chi connectivity index (χ0v) is 34.6. The molecule has 0 saturated heterocycles. The molecule has 6 rings (SSSR count). The fourth-order valence-electron chi connectivity index (χ4n) is 6.19. The van der Waals surface area contributed by atoms with E-state index in [4.69, 9.17) is 0 Å². The Morgan fingerprint density at radius 2 is 1.20 bits per heavy atom. The molecular formula is C39H40Br2Cl2Hf. The zero-order chi connectivity index (χ0) is 29.8. The molecule has 0 bridgehead atoms. The maximum Gasteiger partial charge on any atom is -0.147 e. The van der Waals surface area contributed by atoms with Crippen LogP contribution in [0.4, 0.5) is 0 Å². The van der Waals surface area contributed by atoms with Crippen LogP contribution < -0.4 is 3.32 Å². The van der Waals surface area contributed by atoms with Gasteiger partial charge in [0.15, 0.2) is 0 Å². The fourth-order valence-corrected chi connectivity index (χ4v) is 18.4. The summed E-state index contributed by atoms with van der Waals surface area (Å²) in [5, 5.41) is 0. The summed E-state index contributed by atoms with van der Waals surface area (Å²) in [4.78, 5) is 0. The van der Waals surface area contributed by atoms with Crippen molar-refractivity contribution in [3.05, 3.63) is 143 Å². The van der Waals surface area contributed by atoms with Gasteiger partial charge in [-0.25, -0.2) is 0 Å². The van der Waals surface area contributed by atoms with Crippen LogP contribution >= 0.6 is 56.7 Å². The van der Waals surface area contributed by atoms with Crippen molar-refractivity contribution in [1.29, 1.82) is 0 Å². The maximum absolute atomic E-state index is 3.70. The molecule has 2 aliphatic rings. The van der Waals surface area contributed by atoms with Crippen LogP contribution in [0.3, 0.4) is 0 Å². The van der Waals surface area contributed by atoms with Gasteiger partial charge in [0.25, 0.3) is 0 Å². The molecule has 0 spiro atoms. The first kappa shape index (κ1) is 35.5. The van der Waals surface area contributed by atoms with Gasteiger partial charge in [0.2, 0.25) is 0 Å². The molecule has 0 amide bonds. The Bertz CT molecular complexity index is 1740. The second-order valence-corrected chi connectivity index (χ2v) is 24.3. The number of benzene rings is 4. The Morgan fingerprint density at radius 3 is 1.70 bits per heavy atom. The van der Waals surface area contributed by atoms with E-state index in [1.54, 1.807) is 15.5 Å². The summed E-state index contributed by atoms with van der Waals surface area (Å²) in [5.41, 5.74) is 11.7. The minimum absolute atomic E-state index is 0. The fraction of sp³-hybridized carbons (Fsp3) is 0.256. The molecule has 0 aromatic heterocycles. The third-order valence-corrected chi connectivity index (χ3v) is 20.7. The SMILES string of the molecule is CC(C)(C)c1ccc2c(c1)-c1cc(C(C)(C)C)c[c]([Hf]([C]3=CC=CC3)=[C](c3ccc(Br)cc3)c3ccc(Br)cc3)c1C2.Cl.Cl. The molecule has 0 aliphatic heterocycles. The van der Waals surface area contributed by atoms with Crippen molar-refractivity contribution in [3.8, 4) is 11.1 Å². The van der Waals surface area contributed by atoms with Gasteiger partial charge in [-0.05, 0) is 0 Å². The van der Waals surface area contributed by atoms with Crippen LogP contribution in [-0.4, -0.2) is 3.26 Å². The van der Waals surface area contributed by atoms with Gasteiger partial charge in [0, 0.05) is 0 Å². The van der Waals surface area contributed by atoms with E-state index in [9.17, 15) is 0 Å². The van der Waals surface area contributed by atoms with Gasteiger partial charge in [-0.15, -0.1) is 24.8 Å². The predicted molar refractivity (Wildman–Crippen MR) is 200 cm³/mol. The number of hydrogen-bond donors (Lipinski definition) is 0. The van der Waals surface area contributed by atoms with Crippen LogP contribution in [0.25, 0.3) is 11.1 Å². The second kappa shape index (κ2) is 13.8. The van der Waals surface area contributed by atoms with Crippen LogP contribution in [0.2, 0.25) is 0 Å². The zero-order valence-electron chi connectivity index (χ0n) is 26.2. The number of fused-ring (bicyclic) bond motifs is 3. The van der Waals surface area contributed by atoms with Gasteiger partial charge in [0.1, 0.15) is 0 Å². The molecule has 4 aromatic carbocycles. The van der Waals surface area contributed by atoms with Gasteiger partial charge in [-0.3, -0.25) is 0 Å². The van der Waals surface area contributed by atoms with Gasteiger partial charge in [-0.1, -0.05) is 0 Å². The summed E-state index contributed by atoms with van der Waals surface area (Å²) in [5.74, 6) is 0. The second-order valence-electron chi connectivity index (χ2n) is 13.7. The van der Waals surface area contributed by atoms with Crippen LogP contribution in [0, 0.1) is 0 Å². The van der Waals surface area contributed by atoms with E-state index >= 15 is 0 Å². The Balaban J connectivity index is 0.00000221. The quantitative estimate of drug-likeness (QED) is 0.158. The van der Waals surface area contributed by atoms with Crippen LogP contribution in [0.15, 0.2) is 109 Å². The molecule has 2 aliphatic carbocycles. The molecule has 0 atom stereocenters. The average Bonchev–Trinajstić information content (AvgIpc) is 3.60. The number of rotatable bonds is 4. The number of halogens is 4. The molecule has 0 N–H and O–H groups in total. The van der Waals surface area contributed by atoms with E-state index in [1.807, 2.05) is 0 Å². The third-order valence-electron chi connectivity index (χ3n) is 8.63. The van der Waals surface area contributed by atoms with Gasteiger partial charge < -0.3 is 0 Å². The first-order valence-electron chi connectivity index (χ1n) is 14.8. The average molecular weight is 918 g/mol. The van der Waals surface area contributed by atoms with Gasteiger partial charge in [0.05, 0.1) is 0 Å². The summed E-state index contributed by atoms with van der Waals surface area (Å²) in [7, 11) is 0. The van der Waals surface area contributed by atoms with E-state index < -0.39 is 21.0 Å². The molecule has 44 heavy (non-hydrogen) atoms. The summed E-state index contributed by atoms with van der Waals surface area (Å²) >= 11 is 4.44. The Hall–Kier alpha value is -1.36. The molecule has 0 unspecified atom stereocenters. The van der Waals surface area contributed by atoms with E-state index in [0.29, 0.717) is 0 Å². The molecule has 0 heterocycles. The van der Waals surface area contributed by atoms with Crippen molar-refractivity contribution in [2.24, 2.45) is 0 Å². The van der Waals surface area contributed by atoms with Crippen LogP contribution in [0.5, 0.6) is 0 Å². The standard InChI is InChI=1S/C21H25.C13H8Br2.C5H5.2ClH.Hf/c1-20(2,3)16-9-7-14-11-15-8-10-17(21(4,5)6)13-19(15)18(14)12-16;14-12-5-1-10(2-6-12)9-11-3-7-13(15)8-4-11;1-2-4-5-3-1;;;/h7,9-10,12-13H,11H2,1-6H3;1-8H;1-3H,4H2;2*1H;. The van der Waals surface area contributed by atoms with Crippen molar-refractivity contribution in [1.82, 2.24) is 0 Å². The molecule has 0 fully saturated rings. The molecular weight excluding hydrogens is 878 g/mol. The van der Waals surface area contributed by atoms with Crippen molar-refractivity contribution in [3.63, 3.8) is 0 Å². The maximum atomic E-state index is 3.70. The normalized spacial score (nSPS) is 13.4. The smallest absolute Gasteiger partial charge is 0.147 e. The minimum Gasteiger partial charge on any atom is -0.147 e. The van der Waals surface area contributed by atoms with E-state index in [2.05, 4.69) is 170 Å². The van der Waals surface area contributed by atoms with E-state index in [1.165, 1.54) is 38.9 Å². The van der Waals surface area contributed by atoms with Crippen molar-refractivity contribution in [2.75, 3.05) is 0 Å². The first-order chi connectivity index (χ1) is 19.9. The van der Waals surface area contributed by atoms with Gasteiger partial charge in [-0.2, -0.15) is 0 Å². The summed E-state index contributed by atoms with van der Waals surface area (Å²) in [6, 6.07) is 30.6. The molecule has 0 nitrogen and oxygen atoms in total. The molecule has 5 heteroatoms. The molecule has 4 aromatic rings. The van der Waals surface area contributed by atoms with Crippen LogP contribution in [-0.2, 0) is 38.2 Å². The topological polar surface area (TPSA) is 0 Å². The Morgan fingerprint density at radius 1 is 0.659 bits per heavy atom. The number of hydrogen-bond acceptors (Lipinski definition) is 0. The Labute approximate surface area is 300 Å². The largest absolute Gasteiger partial charge is 0.147 e. The number of allylic oxidation sites excluding steroid dienone is 4. The van der Waals surface area contributed by atoms with Gasteiger partial charge >= 0.3 is 278 Å². The Kier molecular flexibility index (Phi) is 11.1. The third kappa shape index (κ3) is 7.13. The summed E-state index contributed by atoms with van der Waals surface area (Å²) in [6.45, 7) is 14.1. The van der Waals surface area contributed by atoms with E-state index in [0.717, 1.165) is 21.8 Å². The van der Waals surface area contributed by atoms with Crippen LogP contribution in [0.1, 0.15) is 81.3 Å². The molecule has 0 radical (unpaired) electrons.